The van der Waals surface area contributed by atoms with Gasteiger partial charge in [0.05, 0.1) is 17.4 Å². The first kappa shape index (κ1) is 13.5. The van der Waals surface area contributed by atoms with Crippen LogP contribution < -0.4 is 5.32 Å². The summed E-state index contributed by atoms with van der Waals surface area (Å²) in [5, 5.41) is 11.6. The van der Waals surface area contributed by atoms with Crippen LogP contribution in [0.1, 0.15) is 25.8 Å². The first-order chi connectivity index (χ1) is 9.24. The molecular weight excluding hydrogens is 242 g/mol. The molecule has 5 nitrogen and oxygen atoms in total. The van der Waals surface area contributed by atoms with Crippen LogP contribution in [0.4, 0.5) is 0 Å². The molecule has 1 heterocycles. The molecule has 0 aliphatic rings. The molecule has 5 heteroatoms. The second-order valence-corrected chi connectivity index (χ2v) is 4.54. The first-order valence-electron chi connectivity index (χ1n) is 6.54. The summed E-state index contributed by atoms with van der Waals surface area (Å²) in [5.41, 5.74) is 1.85. The highest BCUT2D eigenvalue weighted by Gasteiger charge is 2.16. The molecule has 1 atom stereocenters. The van der Waals surface area contributed by atoms with Crippen LogP contribution in [-0.2, 0) is 4.79 Å². The van der Waals surface area contributed by atoms with Crippen molar-refractivity contribution in [1.82, 2.24) is 14.9 Å². The van der Waals surface area contributed by atoms with Crippen LogP contribution in [0.2, 0.25) is 0 Å². The summed E-state index contributed by atoms with van der Waals surface area (Å²) in [5.74, 6) is -0.0268. The largest absolute Gasteiger partial charge is 0.396 e. The third-order valence-electron chi connectivity index (χ3n) is 3.16. The van der Waals surface area contributed by atoms with Crippen molar-refractivity contribution in [1.29, 1.82) is 0 Å². The summed E-state index contributed by atoms with van der Waals surface area (Å²) in [6, 6.07) is 7.46. The number of nitrogens with zero attached hydrogens (tertiary/aromatic N) is 2. The number of amides is 1. The Morgan fingerprint density at radius 3 is 3.00 bits per heavy atom. The number of aliphatic hydroxyl groups excluding tert-OH is 1. The predicted octanol–water partition coefficient (Wildman–Crippen LogP) is 1.49. The van der Waals surface area contributed by atoms with E-state index in [0.29, 0.717) is 13.0 Å². The summed E-state index contributed by atoms with van der Waals surface area (Å²) in [7, 11) is 0. The molecule has 102 valence electrons. The van der Waals surface area contributed by atoms with Crippen molar-refractivity contribution in [2.24, 2.45) is 0 Å². The molecule has 1 unspecified atom stereocenters. The monoisotopic (exact) mass is 261 g/mol. The molecule has 19 heavy (non-hydrogen) atoms. The van der Waals surface area contributed by atoms with Gasteiger partial charge in [-0.3, -0.25) is 4.79 Å². The van der Waals surface area contributed by atoms with Gasteiger partial charge in [-0.25, -0.2) is 4.98 Å². The van der Waals surface area contributed by atoms with Crippen molar-refractivity contribution in [2.75, 3.05) is 13.2 Å². The van der Waals surface area contributed by atoms with Crippen molar-refractivity contribution in [2.45, 2.75) is 25.8 Å². The number of benzene rings is 1. The lowest BCUT2D eigenvalue weighted by atomic mass is 10.2. The number of rotatable bonds is 6. The van der Waals surface area contributed by atoms with Gasteiger partial charge in [-0.1, -0.05) is 12.1 Å². The van der Waals surface area contributed by atoms with Crippen LogP contribution in [0.15, 0.2) is 30.6 Å². The highest BCUT2D eigenvalue weighted by atomic mass is 16.2. The quantitative estimate of drug-likeness (QED) is 0.774. The minimum absolute atomic E-state index is 0.0268. The molecule has 2 N–H and O–H groups in total. The maximum absolute atomic E-state index is 12.0. The Morgan fingerprint density at radius 2 is 2.21 bits per heavy atom. The minimum atomic E-state index is -0.290. The Morgan fingerprint density at radius 1 is 1.42 bits per heavy atom. The van der Waals surface area contributed by atoms with Gasteiger partial charge >= 0.3 is 0 Å². The summed E-state index contributed by atoms with van der Waals surface area (Å²) < 4.78 is 1.87. The number of fused-ring (bicyclic) bond motifs is 1. The van der Waals surface area contributed by atoms with E-state index in [1.165, 1.54) is 0 Å². The van der Waals surface area contributed by atoms with E-state index in [-0.39, 0.29) is 18.6 Å². The number of para-hydroxylation sites is 2. The standard InChI is InChI=1S/C14H19N3O2/c1-11(14(19)15-8-4-5-9-18)17-10-16-12-6-2-3-7-13(12)17/h2-3,6-7,10-11,18H,4-5,8-9H2,1H3,(H,15,19). The van der Waals surface area contributed by atoms with E-state index < -0.39 is 0 Å². The Kier molecular flexibility index (Phi) is 4.52. The van der Waals surface area contributed by atoms with E-state index in [1.54, 1.807) is 6.33 Å². The number of aromatic nitrogens is 2. The number of unbranched alkanes of at least 4 members (excludes halogenated alkanes) is 1. The zero-order valence-corrected chi connectivity index (χ0v) is 11.0. The van der Waals surface area contributed by atoms with Crippen LogP contribution in [-0.4, -0.2) is 33.7 Å². The lowest BCUT2D eigenvalue weighted by Gasteiger charge is -2.14. The van der Waals surface area contributed by atoms with Crippen LogP contribution in [0.5, 0.6) is 0 Å². The maximum Gasteiger partial charge on any atom is 0.242 e. The minimum Gasteiger partial charge on any atom is -0.396 e. The maximum atomic E-state index is 12.0. The topological polar surface area (TPSA) is 67.2 Å². The van der Waals surface area contributed by atoms with Gasteiger partial charge in [0.15, 0.2) is 0 Å². The van der Waals surface area contributed by atoms with Crippen molar-refractivity contribution in [3.05, 3.63) is 30.6 Å². The molecule has 1 amide bonds. The Hall–Kier alpha value is -1.88. The average molecular weight is 261 g/mol. The molecule has 0 fully saturated rings. The molecule has 0 bridgehead atoms. The molecule has 2 aromatic rings. The number of hydrogen-bond acceptors (Lipinski definition) is 3. The van der Waals surface area contributed by atoms with Crippen molar-refractivity contribution in [3.63, 3.8) is 0 Å². The fourth-order valence-electron chi connectivity index (χ4n) is 2.01. The molecule has 1 aromatic carbocycles. The van der Waals surface area contributed by atoms with E-state index in [1.807, 2.05) is 35.8 Å². The lowest BCUT2D eigenvalue weighted by Crippen LogP contribution is -2.31. The molecule has 0 saturated carbocycles. The van der Waals surface area contributed by atoms with E-state index in [2.05, 4.69) is 10.3 Å². The van der Waals surface area contributed by atoms with Gasteiger partial charge in [-0.2, -0.15) is 0 Å². The van der Waals surface area contributed by atoms with Gasteiger partial charge in [-0.05, 0) is 31.9 Å². The number of aliphatic hydroxyl groups is 1. The molecule has 0 radical (unpaired) electrons. The molecule has 0 saturated heterocycles. The number of hydrogen-bond donors (Lipinski definition) is 2. The smallest absolute Gasteiger partial charge is 0.242 e. The SMILES string of the molecule is CC(C(=O)NCCCCO)n1cnc2ccccc21. The van der Waals surface area contributed by atoms with Gasteiger partial charge in [0.25, 0.3) is 0 Å². The predicted molar refractivity (Wildman–Crippen MR) is 73.8 cm³/mol. The van der Waals surface area contributed by atoms with E-state index in [0.717, 1.165) is 17.5 Å². The normalized spacial score (nSPS) is 12.5. The second kappa shape index (κ2) is 6.33. The molecule has 0 spiro atoms. The van der Waals surface area contributed by atoms with Gasteiger partial charge in [0.1, 0.15) is 6.04 Å². The number of imidazole rings is 1. The van der Waals surface area contributed by atoms with Gasteiger partial charge in [-0.15, -0.1) is 0 Å². The zero-order valence-electron chi connectivity index (χ0n) is 11.0. The summed E-state index contributed by atoms with van der Waals surface area (Å²) >= 11 is 0. The number of carbonyl (C=O) groups is 1. The Labute approximate surface area is 112 Å². The summed E-state index contributed by atoms with van der Waals surface area (Å²) in [6.45, 7) is 2.61. The summed E-state index contributed by atoms with van der Waals surface area (Å²) in [4.78, 5) is 16.3. The van der Waals surface area contributed by atoms with Crippen molar-refractivity contribution < 1.29 is 9.90 Å². The fourth-order valence-corrected chi connectivity index (χ4v) is 2.01. The van der Waals surface area contributed by atoms with E-state index in [9.17, 15) is 4.79 Å². The molecule has 0 aliphatic carbocycles. The molecule has 2 rings (SSSR count). The van der Waals surface area contributed by atoms with Crippen LogP contribution in [0, 0.1) is 0 Å². The highest BCUT2D eigenvalue weighted by Crippen LogP contribution is 2.17. The summed E-state index contributed by atoms with van der Waals surface area (Å²) in [6.07, 6.45) is 3.20. The molecular formula is C14H19N3O2. The lowest BCUT2D eigenvalue weighted by molar-refractivity contribution is -0.123. The molecule has 1 aromatic heterocycles. The van der Waals surface area contributed by atoms with Gasteiger partial charge in [0, 0.05) is 13.2 Å². The van der Waals surface area contributed by atoms with E-state index >= 15 is 0 Å². The van der Waals surface area contributed by atoms with Crippen LogP contribution in [0.25, 0.3) is 11.0 Å². The highest BCUT2D eigenvalue weighted by molar-refractivity contribution is 5.83. The number of nitrogens with one attached hydrogen (secondary N) is 1. The Bertz CT molecular complexity index is 550. The molecule has 0 aliphatic heterocycles. The van der Waals surface area contributed by atoms with Gasteiger partial charge < -0.3 is 15.0 Å². The second-order valence-electron chi connectivity index (χ2n) is 4.54. The van der Waals surface area contributed by atoms with Crippen LogP contribution in [0.3, 0.4) is 0 Å². The third-order valence-corrected chi connectivity index (χ3v) is 3.16. The zero-order chi connectivity index (χ0) is 13.7. The third kappa shape index (κ3) is 3.12. The fraction of sp³-hybridized carbons (Fsp3) is 0.429. The van der Waals surface area contributed by atoms with Crippen molar-refractivity contribution >= 4 is 16.9 Å². The average Bonchev–Trinajstić information content (AvgIpc) is 2.86. The number of carbonyl (C=O) groups excluding carboxylic acids is 1. The van der Waals surface area contributed by atoms with Gasteiger partial charge in [0.2, 0.25) is 5.91 Å². The van der Waals surface area contributed by atoms with Crippen LogP contribution >= 0.6 is 0 Å². The first-order valence-corrected chi connectivity index (χ1v) is 6.54. The van der Waals surface area contributed by atoms with E-state index in [4.69, 9.17) is 5.11 Å². The van der Waals surface area contributed by atoms with Crippen molar-refractivity contribution in [3.8, 4) is 0 Å². The Balaban J connectivity index is 2.02.